The van der Waals surface area contributed by atoms with Gasteiger partial charge in [-0.25, -0.2) is 4.79 Å². The molecule has 3 N–H and O–H groups in total. The summed E-state index contributed by atoms with van der Waals surface area (Å²) in [5.41, 5.74) is 0.917. The van der Waals surface area contributed by atoms with Crippen LogP contribution in [0.3, 0.4) is 0 Å². The van der Waals surface area contributed by atoms with Crippen molar-refractivity contribution in [2.45, 2.75) is 38.6 Å². The number of nitrogens with zero attached hydrogens (tertiary/aromatic N) is 1. The number of nitro benzene ring substituents is 1. The fourth-order valence-corrected chi connectivity index (χ4v) is 2.65. The predicted octanol–water partition coefficient (Wildman–Crippen LogP) is 2.08. The molecule has 124 valence electrons. The largest absolute Gasteiger partial charge is 0.376 e. The minimum absolute atomic E-state index is 0.0191. The maximum Gasteiger partial charge on any atom is 0.321 e. The highest BCUT2D eigenvalue weighted by atomic mass is 16.6. The molecule has 1 fully saturated rings. The number of imide groups is 1. The zero-order valence-corrected chi connectivity index (χ0v) is 12.9. The molecular weight excluding hydrogens is 300 g/mol. The average molecular weight is 320 g/mol. The monoisotopic (exact) mass is 320 g/mol. The van der Waals surface area contributed by atoms with Gasteiger partial charge in [-0.05, 0) is 25.8 Å². The Morgan fingerprint density at radius 2 is 2.00 bits per heavy atom. The smallest absolute Gasteiger partial charge is 0.321 e. The molecule has 1 saturated carbocycles. The summed E-state index contributed by atoms with van der Waals surface area (Å²) in [4.78, 5) is 33.8. The number of urea groups is 1. The Kier molecular flexibility index (Phi) is 5.51. The van der Waals surface area contributed by atoms with Gasteiger partial charge in [0.05, 0.1) is 11.5 Å². The standard InChI is InChI=1S/C15H20N4O4/c1-10-12(7-4-8-13(10)19(22)23)16-9-14(20)18-15(21)17-11-5-2-3-6-11/h4,7-8,11,16H,2-3,5-6,9H2,1H3,(H2,17,18,20,21). The highest BCUT2D eigenvalue weighted by molar-refractivity contribution is 5.96. The van der Waals surface area contributed by atoms with Crippen molar-refractivity contribution in [1.82, 2.24) is 10.6 Å². The van der Waals surface area contributed by atoms with Gasteiger partial charge < -0.3 is 10.6 Å². The van der Waals surface area contributed by atoms with Gasteiger partial charge in [0.25, 0.3) is 5.69 Å². The summed E-state index contributed by atoms with van der Waals surface area (Å²) in [5, 5.41) is 18.7. The van der Waals surface area contributed by atoms with Crippen LogP contribution in [0.1, 0.15) is 31.2 Å². The molecule has 2 rings (SSSR count). The van der Waals surface area contributed by atoms with E-state index in [1.807, 2.05) is 0 Å². The molecule has 0 heterocycles. The van der Waals surface area contributed by atoms with Crippen molar-refractivity contribution in [2.24, 2.45) is 0 Å². The maximum absolute atomic E-state index is 11.8. The van der Waals surface area contributed by atoms with E-state index < -0.39 is 16.9 Å². The lowest BCUT2D eigenvalue weighted by atomic mass is 10.1. The zero-order valence-electron chi connectivity index (χ0n) is 12.9. The van der Waals surface area contributed by atoms with E-state index in [9.17, 15) is 19.7 Å². The highest BCUT2D eigenvalue weighted by Gasteiger charge is 2.18. The number of carbonyl (C=O) groups excluding carboxylic acids is 2. The number of carbonyl (C=O) groups is 2. The van der Waals surface area contributed by atoms with E-state index in [0.717, 1.165) is 25.7 Å². The Hall–Kier alpha value is -2.64. The first-order chi connectivity index (χ1) is 11.0. The van der Waals surface area contributed by atoms with Crippen molar-refractivity contribution in [3.05, 3.63) is 33.9 Å². The summed E-state index contributed by atoms with van der Waals surface area (Å²) in [6.07, 6.45) is 4.05. The van der Waals surface area contributed by atoms with Gasteiger partial charge in [-0.15, -0.1) is 0 Å². The first-order valence-corrected chi connectivity index (χ1v) is 7.55. The number of benzene rings is 1. The number of nitrogens with one attached hydrogen (secondary N) is 3. The average Bonchev–Trinajstić information content (AvgIpc) is 2.98. The van der Waals surface area contributed by atoms with Crippen LogP contribution in [-0.2, 0) is 4.79 Å². The van der Waals surface area contributed by atoms with Crippen molar-refractivity contribution < 1.29 is 14.5 Å². The fraction of sp³-hybridized carbons (Fsp3) is 0.467. The van der Waals surface area contributed by atoms with Crippen LogP contribution in [0.15, 0.2) is 18.2 Å². The van der Waals surface area contributed by atoms with Crippen LogP contribution in [-0.4, -0.2) is 29.4 Å². The van der Waals surface area contributed by atoms with Crippen molar-refractivity contribution in [1.29, 1.82) is 0 Å². The SMILES string of the molecule is Cc1c(NCC(=O)NC(=O)NC2CCCC2)cccc1[N+](=O)[O-]. The van der Waals surface area contributed by atoms with Gasteiger partial charge in [0.15, 0.2) is 0 Å². The van der Waals surface area contributed by atoms with Crippen molar-refractivity contribution in [2.75, 3.05) is 11.9 Å². The summed E-state index contributed by atoms with van der Waals surface area (Å²) < 4.78 is 0. The fourth-order valence-electron chi connectivity index (χ4n) is 2.65. The number of hydrogen-bond acceptors (Lipinski definition) is 5. The molecule has 0 saturated heterocycles. The highest BCUT2D eigenvalue weighted by Crippen LogP contribution is 2.24. The van der Waals surface area contributed by atoms with Crippen molar-refractivity contribution in [3.63, 3.8) is 0 Å². The van der Waals surface area contributed by atoms with Gasteiger partial charge in [-0.3, -0.25) is 20.2 Å². The Balaban J connectivity index is 1.83. The lowest BCUT2D eigenvalue weighted by Crippen LogP contribution is -2.45. The summed E-state index contributed by atoms with van der Waals surface area (Å²) in [7, 11) is 0. The molecular formula is C15H20N4O4. The van der Waals surface area contributed by atoms with Gasteiger partial charge in [0, 0.05) is 23.4 Å². The number of anilines is 1. The second-order valence-electron chi connectivity index (χ2n) is 5.56. The molecule has 1 aromatic carbocycles. The number of amides is 3. The van der Waals surface area contributed by atoms with Crippen molar-refractivity contribution >= 4 is 23.3 Å². The van der Waals surface area contributed by atoms with E-state index in [1.165, 1.54) is 12.1 Å². The molecule has 0 aliphatic heterocycles. The van der Waals surface area contributed by atoms with E-state index in [0.29, 0.717) is 11.3 Å². The number of nitro groups is 1. The van der Waals surface area contributed by atoms with E-state index in [4.69, 9.17) is 0 Å². The van der Waals surface area contributed by atoms with Crippen LogP contribution in [0.5, 0.6) is 0 Å². The van der Waals surface area contributed by atoms with Crippen LogP contribution in [0.4, 0.5) is 16.2 Å². The summed E-state index contributed by atoms with van der Waals surface area (Å²) in [6, 6.07) is 4.22. The molecule has 3 amide bonds. The zero-order chi connectivity index (χ0) is 16.8. The lowest BCUT2D eigenvalue weighted by Gasteiger charge is -2.13. The maximum atomic E-state index is 11.8. The topological polar surface area (TPSA) is 113 Å². The van der Waals surface area contributed by atoms with E-state index in [2.05, 4.69) is 16.0 Å². The minimum atomic E-state index is -0.500. The molecule has 0 unspecified atom stereocenters. The van der Waals surface area contributed by atoms with E-state index in [1.54, 1.807) is 13.0 Å². The number of rotatable bonds is 5. The minimum Gasteiger partial charge on any atom is -0.376 e. The second-order valence-corrected chi connectivity index (χ2v) is 5.56. The predicted molar refractivity (Wildman–Crippen MR) is 85.3 cm³/mol. The Bertz CT molecular complexity index is 611. The molecule has 1 aliphatic carbocycles. The summed E-state index contributed by atoms with van der Waals surface area (Å²) >= 11 is 0. The normalized spacial score (nSPS) is 14.3. The van der Waals surface area contributed by atoms with Gasteiger partial charge >= 0.3 is 6.03 Å². The van der Waals surface area contributed by atoms with Crippen LogP contribution >= 0.6 is 0 Å². The molecule has 8 heteroatoms. The third-order valence-electron chi connectivity index (χ3n) is 3.88. The quantitative estimate of drug-likeness (QED) is 0.568. The molecule has 0 aromatic heterocycles. The third kappa shape index (κ3) is 4.67. The Morgan fingerprint density at radius 1 is 1.30 bits per heavy atom. The molecule has 23 heavy (non-hydrogen) atoms. The van der Waals surface area contributed by atoms with Gasteiger partial charge in [-0.1, -0.05) is 18.9 Å². The van der Waals surface area contributed by atoms with E-state index >= 15 is 0 Å². The van der Waals surface area contributed by atoms with Crippen LogP contribution < -0.4 is 16.0 Å². The Morgan fingerprint density at radius 3 is 2.65 bits per heavy atom. The van der Waals surface area contributed by atoms with Crippen molar-refractivity contribution in [3.8, 4) is 0 Å². The van der Waals surface area contributed by atoms with Crippen LogP contribution in [0, 0.1) is 17.0 Å². The summed E-state index contributed by atoms with van der Waals surface area (Å²) in [6.45, 7) is 1.46. The van der Waals surface area contributed by atoms with Crippen LogP contribution in [0.25, 0.3) is 0 Å². The third-order valence-corrected chi connectivity index (χ3v) is 3.88. The number of hydrogen-bond donors (Lipinski definition) is 3. The van der Waals surface area contributed by atoms with Gasteiger partial charge in [0.1, 0.15) is 0 Å². The Labute approximate surface area is 133 Å². The van der Waals surface area contributed by atoms with E-state index in [-0.39, 0.29) is 18.3 Å². The molecule has 0 radical (unpaired) electrons. The molecule has 1 aromatic rings. The molecule has 0 spiro atoms. The lowest BCUT2D eigenvalue weighted by molar-refractivity contribution is -0.385. The van der Waals surface area contributed by atoms with Gasteiger partial charge in [-0.2, -0.15) is 0 Å². The molecule has 0 bridgehead atoms. The first kappa shape index (κ1) is 16.7. The molecule has 8 nitrogen and oxygen atoms in total. The second kappa shape index (κ2) is 7.57. The summed E-state index contributed by atoms with van der Waals surface area (Å²) in [5.74, 6) is -0.494. The first-order valence-electron chi connectivity index (χ1n) is 7.55. The van der Waals surface area contributed by atoms with Gasteiger partial charge in [0.2, 0.25) is 5.91 Å². The molecule has 1 aliphatic rings. The van der Waals surface area contributed by atoms with Crippen LogP contribution in [0.2, 0.25) is 0 Å². The molecule has 0 atom stereocenters.